The lowest BCUT2D eigenvalue weighted by atomic mass is 9.98. The third-order valence-electron chi connectivity index (χ3n) is 4.45. The monoisotopic (exact) mass is 290 g/mol. The first-order valence-corrected chi connectivity index (χ1v) is 8.18. The minimum Gasteiger partial charge on any atom is -0.381 e. The van der Waals surface area contributed by atoms with Crippen LogP contribution in [-0.4, -0.2) is 38.3 Å². The van der Waals surface area contributed by atoms with E-state index in [2.05, 4.69) is 50.1 Å². The Morgan fingerprint density at radius 1 is 1.14 bits per heavy atom. The number of benzene rings is 1. The minimum absolute atomic E-state index is 0.0936. The summed E-state index contributed by atoms with van der Waals surface area (Å²) >= 11 is 0. The van der Waals surface area contributed by atoms with E-state index in [1.807, 2.05) is 0 Å². The first-order valence-electron chi connectivity index (χ1n) is 8.18. The number of ether oxygens (including phenoxy) is 1. The number of nitrogens with zero attached hydrogens (tertiary/aromatic N) is 1. The summed E-state index contributed by atoms with van der Waals surface area (Å²) in [4.78, 5) is 2.37. The van der Waals surface area contributed by atoms with Gasteiger partial charge in [-0.25, -0.2) is 0 Å². The van der Waals surface area contributed by atoms with Crippen molar-refractivity contribution in [3.05, 3.63) is 35.4 Å². The van der Waals surface area contributed by atoms with Gasteiger partial charge in [-0.15, -0.1) is 0 Å². The van der Waals surface area contributed by atoms with Crippen molar-refractivity contribution in [2.24, 2.45) is 11.7 Å². The lowest BCUT2D eigenvalue weighted by Crippen LogP contribution is -2.34. The van der Waals surface area contributed by atoms with Gasteiger partial charge >= 0.3 is 0 Å². The van der Waals surface area contributed by atoms with E-state index in [4.69, 9.17) is 10.5 Å². The normalized spacial score (nSPS) is 18.4. The molecule has 0 amide bonds. The molecule has 1 atom stereocenters. The van der Waals surface area contributed by atoms with Crippen molar-refractivity contribution in [3.63, 3.8) is 0 Å². The summed E-state index contributed by atoms with van der Waals surface area (Å²) in [6, 6.07) is 8.87. The number of nitrogens with two attached hydrogens (primary N) is 1. The zero-order valence-electron chi connectivity index (χ0n) is 13.7. The van der Waals surface area contributed by atoms with Crippen LogP contribution in [0, 0.1) is 5.92 Å². The summed E-state index contributed by atoms with van der Waals surface area (Å²) in [5, 5.41) is 0. The quantitative estimate of drug-likeness (QED) is 0.874. The Balaban J connectivity index is 1.83. The third-order valence-corrected chi connectivity index (χ3v) is 4.45. The summed E-state index contributed by atoms with van der Waals surface area (Å²) in [6.07, 6.45) is 2.37. The summed E-state index contributed by atoms with van der Waals surface area (Å²) in [5.74, 6) is 1.34. The van der Waals surface area contributed by atoms with Crippen molar-refractivity contribution in [3.8, 4) is 0 Å². The van der Waals surface area contributed by atoms with Gasteiger partial charge < -0.3 is 15.4 Å². The van der Waals surface area contributed by atoms with Crippen molar-refractivity contribution in [2.75, 3.05) is 33.4 Å². The van der Waals surface area contributed by atoms with Crippen LogP contribution in [0.25, 0.3) is 0 Å². The molecule has 3 nitrogen and oxygen atoms in total. The van der Waals surface area contributed by atoms with E-state index in [0.717, 1.165) is 32.2 Å². The topological polar surface area (TPSA) is 38.5 Å². The highest BCUT2D eigenvalue weighted by Crippen LogP contribution is 2.20. The molecule has 21 heavy (non-hydrogen) atoms. The molecule has 1 saturated heterocycles. The molecule has 1 fully saturated rings. The smallest absolute Gasteiger partial charge is 0.0469 e. The van der Waals surface area contributed by atoms with Gasteiger partial charge in [0, 0.05) is 32.3 Å². The highest BCUT2D eigenvalue weighted by atomic mass is 16.5. The predicted octanol–water partition coefficient (Wildman–Crippen LogP) is 3.17. The SMILES string of the molecule is CC(C)c1ccc(C(N)CN(C)CC2CCOCC2)cc1. The first-order chi connectivity index (χ1) is 10.1. The molecule has 1 aliphatic heterocycles. The first kappa shape index (κ1) is 16.5. The minimum atomic E-state index is 0.0936. The van der Waals surface area contributed by atoms with Crippen molar-refractivity contribution in [2.45, 2.75) is 38.6 Å². The van der Waals surface area contributed by atoms with Crippen LogP contribution in [0.3, 0.4) is 0 Å². The molecule has 0 aromatic heterocycles. The van der Waals surface area contributed by atoms with Crippen LogP contribution < -0.4 is 5.73 Å². The second-order valence-corrected chi connectivity index (χ2v) is 6.70. The van der Waals surface area contributed by atoms with Gasteiger partial charge in [-0.1, -0.05) is 38.1 Å². The fourth-order valence-electron chi connectivity index (χ4n) is 3.01. The molecule has 0 aliphatic carbocycles. The Bertz CT molecular complexity index is 410. The second kappa shape index (κ2) is 7.92. The van der Waals surface area contributed by atoms with E-state index < -0.39 is 0 Å². The molecule has 0 radical (unpaired) electrons. The van der Waals surface area contributed by atoms with Crippen molar-refractivity contribution in [1.29, 1.82) is 0 Å². The molecule has 1 aromatic rings. The summed E-state index contributed by atoms with van der Waals surface area (Å²) in [5.41, 5.74) is 8.97. The van der Waals surface area contributed by atoms with Crippen LogP contribution in [0.15, 0.2) is 24.3 Å². The van der Waals surface area contributed by atoms with Crippen LogP contribution in [-0.2, 0) is 4.74 Å². The molecule has 1 aliphatic rings. The maximum Gasteiger partial charge on any atom is 0.0469 e. The molecule has 0 bridgehead atoms. The summed E-state index contributed by atoms with van der Waals surface area (Å²) in [7, 11) is 2.18. The fourth-order valence-corrected chi connectivity index (χ4v) is 3.01. The van der Waals surface area contributed by atoms with Gasteiger partial charge in [-0.05, 0) is 42.9 Å². The molecule has 2 N–H and O–H groups in total. The molecule has 1 heterocycles. The Hall–Kier alpha value is -0.900. The second-order valence-electron chi connectivity index (χ2n) is 6.70. The average Bonchev–Trinajstić information content (AvgIpc) is 2.48. The van der Waals surface area contributed by atoms with E-state index in [9.17, 15) is 0 Å². The van der Waals surface area contributed by atoms with E-state index in [1.54, 1.807) is 0 Å². The predicted molar refractivity (Wildman–Crippen MR) is 88.5 cm³/mol. The molecular formula is C18H30N2O. The van der Waals surface area contributed by atoms with Crippen molar-refractivity contribution in [1.82, 2.24) is 4.90 Å². The standard InChI is InChI=1S/C18H30N2O/c1-14(2)16-4-6-17(7-5-16)18(19)13-20(3)12-15-8-10-21-11-9-15/h4-7,14-15,18H,8-13,19H2,1-3H3. The lowest BCUT2D eigenvalue weighted by molar-refractivity contribution is 0.0551. The average molecular weight is 290 g/mol. The van der Waals surface area contributed by atoms with E-state index >= 15 is 0 Å². The maximum atomic E-state index is 6.36. The van der Waals surface area contributed by atoms with Gasteiger partial charge in [0.15, 0.2) is 0 Å². The van der Waals surface area contributed by atoms with E-state index in [0.29, 0.717) is 5.92 Å². The molecular weight excluding hydrogens is 260 g/mol. The van der Waals surface area contributed by atoms with E-state index in [1.165, 1.54) is 24.0 Å². The Kier molecular flexibility index (Phi) is 6.22. The third kappa shape index (κ3) is 5.10. The molecule has 0 spiro atoms. The number of hydrogen-bond donors (Lipinski definition) is 1. The maximum absolute atomic E-state index is 6.36. The van der Waals surface area contributed by atoms with Crippen LogP contribution in [0.4, 0.5) is 0 Å². The van der Waals surface area contributed by atoms with Crippen molar-refractivity contribution < 1.29 is 4.74 Å². The molecule has 3 heteroatoms. The molecule has 1 aromatic carbocycles. The van der Waals surface area contributed by atoms with Gasteiger partial charge in [0.05, 0.1) is 0 Å². The largest absolute Gasteiger partial charge is 0.381 e. The summed E-state index contributed by atoms with van der Waals surface area (Å²) < 4.78 is 5.42. The van der Waals surface area contributed by atoms with Crippen LogP contribution in [0.1, 0.15) is 49.8 Å². The molecule has 1 unspecified atom stereocenters. The fraction of sp³-hybridized carbons (Fsp3) is 0.667. The van der Waals surface area contributed by atoms with Gasteiger partial charge in [-0.2, -0.15) is 0 Å². The zero-order valence-corrected chi connectivity index (χ0v) is 13.7. The Labute approximate surface area is 129 Å². The van der Waals surface area contributed by atoms with Gasteiger partial charge in [0.2, 0.25) is 0 Å². The molecule has 0 saturated carbocycles. The van der Waals surface area contributed by atoms with Crippen LogP contribution >= 0.6 is 0 Å². The summed E-state index contributed by atoms with van der Waals surface area (Å²) in [6.45, 7) is 8.31. The van der Waals surface area contributed by atoms with Crippen molar-refractivity contribution >= 4 is 0 Å². The molecule has 2 rings (SSSR count). The number of likely N-dealkylation sites (N-methyl/N-ethyl adjacent to an activating group) is 1. The van der Waals surface area contributed by atoms with Crippen LogP contribution in [0.2, 0.25) is 0 Å². The molecule has 118 valence electrons. The highest BCUT2D eigenvalue weighted by molar-refractivity contribution is 5.26. The van der Waals surface area contributed by atoms with Crippen LogP contribution in [0.5, 0.6) is 0 Å². The van der Waals surface area contributed by atoms with E-state index in [-0.39, 0.29) is 6.04 Å². The van der Waals surface area contributed by atoms with Gasteiger partial charge in [0.1, 0.15) is 0 Å². The lowest BCUT2D eigenvalue weighted by Gasteiger charge is -2.28. The highest BCUT2D eigenvalue weighted by Gasteiger charge is 2.17. The zero-order chi connectivity index (χ0) is 15.2. The van der Waals surface area contributed by atoms with Gasteiger partial charge in [-0.3, -0.25) is 0 Å². The number of hydrogen-bond acceptors (Lipinski definition) is 3. The van der Waals surface area contributed by atoms with Gasteiger partial charge in [0.25, 0.3) is 0 Å². The number of rotatable bonds is 6. The Morgan fingerprint density at radius 3 is 2.29 bits per heavy atom. The Morgan fingerprint density at radius 2 is 1.71 bits per heavy atom.